The average molecular weight is 105 g/mol. The smallest absolute Gasteiger partial charge is 0.221 e. The second-order valence-corrected chi connectivity index (χ2v) is 1.42. The van der Waals surface area contributed by atoms with Gasteiger partial charge in [0.2, 0.25) is 5.91 Å². The molecule has 44 valence electrons. The molecule has 0 heterocycles. The number of hydrogen-bond acceptors (Lipinski definition) is 3. The van der Waals surface area contributed by atoms with E-state index in [1.54, 1.807) is 6.92 Å². The molecule has 0 aliphatic carbocycles. The highest BCUT2D eigenvalue weighted by Gasteiger charge is 2.12. The van der Waals surface area contributed by atoms with Gasteiger partial charge in [-0.15, -0.1) is 0 Å². The third-order valence-corrected chi connectivity index (χ3v) is 0.811. The monoisotopic (exact) mass is 105 g/mol. The Kier molecular flexibility index (Phi) is 2.22. The lowest BCUT2D eigenvalue weighted by Crippen LogP contribution is -2.39. The van der Waals surface area contributed by atoms with Gasteiger partial charge in [-0.1, -0.05) is 0 Å². The molecule has 2 N–H and O–H groups in total. The maximum Gasteiger partial charge on any atom is 0.221 e. The molecule has 0 spiro atoms. The van der Waals surface area contributed by atoms with Crippen LogP contribution in [0.1, 0.15) is 6.92 Å². The van der Waals surface area contributed by atoms with Crippen molar-refractivity contribution in [2.45, 2.75) is 12.8 Å². The van der Waals surface area contributed by atoms with Crippen LogP contribution in [-0.4, -0.2) is 20.1 Å². The van der Waals surface area contributed by atoms with Crippen molar-refractivity contribution in [1.29, 1.82) is 0 Å². The fourth-order valence-corrected chi connectivity index (χ4v) is 0.0833. The lowest BCUT2D eigenvalue weighted by atomic mass is 10.6. The van der Waals surface area contributed by atoms with Crippen LogP contribution >= 0.6 is 0 Å². The van der Waals surface area contributed by atoms with Crippen LogP contribution in [0.4, 0.5) is 0 Å². The van der Waals surface area contributed by atoms with Gasteiger partial charge in [0.25, 0.3) is 0 Å². The molecule has 3 heteroatoms. The quantitative estimate of drug-likeness (QED) is 0.499. The normalized spacial score (nSPS) is 12.0. The van der Waals surface area contributed by atoms with Crippen molar-refractivity contribution >= 4 is 0 Å². The van der Waals surface area contributed by atoms with Crippen molar-refractivity contribution in [2.24, 2.45) is 5.73 Å². The van der Waals surface area contributed by atoms with E-state index < -0.39 is 5.91 Å². The molecule has 0 aliphatic heterocycles. The third-order valence-electron chi connectivity index (χ3n) is 0.811. The molecule has 0 aliphatic rings. The maximum atomic E-state index is 5.27. The molecule has 0 unspecified atom stereocenters. The number of ether oxygens (including phenoxy) is 2. The van der Waals surface area contributed by atoms with E-state index in [0.29, 0.717) is 0 Å². The molecule has 0 bridgehead atoms. The van der Waals surface area contributed by atoms with Gasteiger partial charge in [0, 0.05) is 21.1 Å². The van der Waals surface area contributed by atoms with E-state index in [0.717, 1.165) is 0 Å². The zero-order valence-corrected chi connectivity index (χ0v) is 4.89. The lowest BCUT2D eigenvalue weighted by molar-refractivity contribution is -0.188. The van der Waals surface area contributed by atoms with E-state index in [4.69, 9.17) is 5.73 Å². The molecule has 3 nitrogen and oxygen atoms in total. The van der Waals surface area contributed by atoms with Crippen LogP contribution in [0.5, 0.6) is 0 Å². The van der Waals surface area contributed by atoms with Gasteiger partial charge in [-0.2, -0.15) is 0 Å². The molecule has 0 radical (unpaired) electrons. The number of hydrogen-bond donors (Lipinski definition) is 1. The Balaban J connectivity index is 3.36. The number of rotatable bonds is 2. The maximum absolute atomic E-state index is 5.27. The Morgan fingerprint density at radius 2 is 1.57 bits per heavy atom. The van der Waals surface area contributed by atoms with Gasteiger partial charge in [-0.05, 0) is 0 Å². The van der Waals surface area contributed by atoms with Crippen LogP contribution in [0.25, 0.3) is 0 Å². The predicted molar refractivity (Wildman–Crippen MR) is 26.6 cm³/mol. The van der Waals surface area contributed by atoms with Gasteiger partial charge in [0.15, 0.2) is 0 Å². The molecule has 0 rings (SSSR count). The summed E-state index contributed by atoms with van der Waals surface area (Å²) in [4.78, 5) is 0. The SMILES string of the molecule is COC(C)(N)OC. The highest BCUT2D eigenvalue weighted by Crippen LogP contribution is 1.96. The minimum absolute atomic E-state index is 0.917. The molecule has 0 aromatic heterocycles. The minimum atomic E-state index is -0.917. The fraction of sp³-hybridized carbons (Fsp3) is 1.00. The summed E-state index contributed by atoms with van der Waals surface area (Å²) < 4.78 is 9.28. The molecule has 0 saturated carbocycles. The standard InChI is InChI=1S/C4H11NO2/c1-4(5,6-2)7-3/h5H2,1-3H3. The molecule has 0 atom stereocenters. The average Bonchev–Trinajstić information content (AvgIpc) is 1.68. The Morgan fingerprint density at radius 3 is 1.57 bits per heavy atom. The van der Waals surface area contributed by atoms with Crippen molar-refractivity contribution in [1.82, 2.24) is 0 Å². The molecule has 0 aromatic carbocycles. The first-order valence-corrected chi connectivity index (χ1v) is 2.01. The molecular weight excluding hydrogens is 94.0 g/mol. The Labute approximate surface area is 43.4 Å². The van der Waals surface area contributed by atoms with E-state index in [1.807, 2.05) is 0 Å². The minimum Gasteiger partial charge on any atom is -0.341 e. The van der Waals surface area contributed by atoms with Crippen LogP contribution in [0, 0.1) is 0 Å². The summed E-state index contributed by atoms with van der Waals surface area (Å²) in [7, 11) is 2.98. The Morgan fingerprint density at radius 1 is 1.29 bits per heavy atom. The van der Waals surface area contributed by atoms with Crippen LogP contribution in [0.15, 0.2) is 0 Å². The summed E-state index contributed by atoms with van der Waals surface area (Å²) in [5.41, 5.74) is 5.27. The molecule has 0 amide bonds. The van der Waals surface area contributed by atoms with E-state index in [1.165, 1.54) is 14.2 Å². The lowest BCUT2D eigenvalue weighted by Gasteiger charge is -2.19. The first kappa shape index (κ1) is 6.88. The zero-order valence-electron chi connectivity index (χ0n) is 4.89. The molecule has 7 heavy (non-hydrogen) atoms. The number of nitrogens with two attached hydrogens (primary N) is 1. The summed E-state index contributed by atoms with van der Waals surface area (Å²) in [6, 6.07) is 0. The highest BCUT2D eigenvalue weighted by atomic mass is 16.7. The summed E-state index contributed by atoms with van der Waals surface area (Å²) >= 11 is 0. The van der Waals surface area contributed by atoms with Gasteiger partial charge >= 0.3 is 0 Å². The largest absolute Gasteiger partial charge is 0.341 e. The first-order valence-electron chi connectivity index (χ1n) is 2.01. The Bertz CT molecular complexity index is 47.7. The van der Waals surface area contributed by atoms with Gasteiger partial charge in [0.05, 0.1) is 0 Å². The van der Waals surface area contributed by atoms with Crippen molar-refractivity contribution in [3.8, 4) is 0 Å². The van der Waals surface area contributed by atoms with E-state index in [-0.39, 0.29) is 0 Å². The van der Waals surface area contributed by atoms with Gasteiger partial charge in [-0.3, -0.25) is 5.73 Å². The first-order chi connectivity index (χ1) is 3.12. The van der Waals surface area contributed by atoms with Crippen molar-refractivity contribution in [3.05, 3.63) is 0 Å². The Hall–Kier alpha value is -0.120. The second-order valence-electron chi connectivity index (χ2n) is 1.42. The van der Waals surface area contributed by atoms with Gasteiger partial charge in [-0.25, -0.2) is 0 Å². The summed E-state index contributed by atoms with van der Waals surface area (Å²) in [6.07, 6.45) is 0. The van der Waals surface area contributed by atoms with Crippen LogP contribution < -0.4 is 5.73 Å². The third kappa shape index (κ3) is 2.56. The molecular formula is C4H11NO2. The van der Waals surface area contributed by atoms with Crippen molar-refractivity contribution < 1.29 is 9.47 Å². The number of methoxy groups -OCH3 is 2. The highest BCUT2D eigenvalue weighted by molar-refractivity contribution is 4.44. The van der Waals surface area contributed by atoms with Gasteiger partial charge in [0.1, 0.15) is 0 Å². The fourth-order valence-electron chi connectivity index (χ4n) is 0.0833. The van der Waals surface area contributed by atoms with Crippen molar-refractivity contribution in [2.75, 3.05) is 14.2 Å². The molecule has 0 fully saturated rings. The van der Waals surface area contributed by atoms with Crippen LogP contribution in [0.3, 0.4) is 0 Å². The summed E-state index contributed by atoms with van der Waals surface area (Å²) in [5, 5.41) is 0. The zero-order chi connectivity index (χ0) is 5.91. The summed E-state index contributed by atoms with van der Waals surface area (Å²) in [6.45, 7) is 1.63. The van der Waals surface area contributed by atoms with Crippen molar-refractivity contribution in [3.63, 3.8) is 0 Å². The van der Waals surface area contributed by atoms with Gasteiger partial charge < -0.3 is 9.47 Å². The van der Waals surface area contributed by atoms with E-state index in [2.05, 4.69) is 9.47 Å². The van der Waals surface area contributed by atoms with E-state index >= 15 is 0 Å². The predicted octanol–water partition coefficient (Wildman–Crippen LogP) is -0.0884. The summed E-state index contributed by atoms with van der Waals surface area (Å²) in [5.74, 6) is -0.917. The topological polar surface area (TPSA) is 44.5 Å². The second kappa shape index (κ2) is 2.26. The van der Waals surface area contributed by atoms with Crippen LogP contribution in [-0.2, 0) is 9.47 Å². The molecule has 0 saturated heterocycles. The van der Waals surface area contributed by atoms with Crippen LogP contribution in [0.2, 0.25) is 0 Å². The van der Waals surface area contributed by atoms with E-state index in [9.17, 15) is 0 Å². The molecule has 0 aromatic rings.